The van der Waals surface area contributed by atoms with Crippen LogP contribution in [-0.2, 0) is 6.42 Å². The van der Waals surface area contributed by atoms with E-state index in [9.17, 15) is 0 Å². The van der Waals surface area contributed by atoms with Gasteiger partial charge in [0.05, 0.1) is 0 Å². The minimum atomic E-state index is 0.573. The van der Waals surface area contributed by atoms with Crippen molar-refractivity contribution in [3.8, 4) is 0 Å². The molecule has 2 rings (SSSR count). The van der Waals surface area contributed by atoms with Gasteiger partial charge in [0.2, 0.25) is 0 Å². The average molecular weight is 266 g/mol. The molecular formula is C13H17NSe. The van der Waals surface area contributed by atoms with Gasteiger partial charge in [0.25, 0.3) is 0 Å². The molecule has 0 bridgehead atoms. The quantitative estimate of drug-likeness (QED) is 0.838. The first kappa shape index (κ1) is 10.9. The molecule has 1 aromatic carbocycles. The van der Waals surface area contributed by atoms with Crippen LogP contribution in [0, 0.1) is 0 Å². The molecule has 0 aliphatic heterocycles. The van der Waals surface area contributed by atoms with Gasteiger partial charge in [-0.25, -0.2) is 0 Å². The van der Waals surface area contributed by atoms with E-state index in [1.165, 1.54) is 5.39 Å². The molecule has 0 fully saturated rings. The van der Waals surface area contributed by atoms with Gasteiger partial charge in [-0.2, -0.15) is 0 Å². The molecule has 0 saturated carbocycles. The van der Waals surface area contributed by atoms with Crippen LogP contribution in [0.5, 0.6) is 0 Å². The Morgan fingerprint density at radius 2 is 2.07 bits per heavy atom. The zero-order valence-electron chi connectivity index (χ0n) is 9.29. The first-order chi connectivity index (χ1) is 7.27. The Labute approximate surface area is 97.2 Å². The summed E-state index contributed by atoms with van der Waals surface area (Å²) in [5.74, 6) is 0. The molecule has 0 spiro atoms. The Balaban J connectivity index is 2.08. The number of nitrogens with one attached hydrogen (secondary N) is 1. The molecular weight excluding hydrogens is 249 g/mol. The van der Waals surface area contributed by atoms with Crippen LogP contribution in [-0.4, -0.2) is 27.1 Å². The van der Waals surface area contributed by atoms with Gasteiger partial charge in [-0.05, 0) is 0 Å². The maximum atomic E-state index is 3.47. The van der Waals surface area contributed by atoms with Crippen molar-refractivity contribution in [3.63, 3.8) is 0 Å². The summed E-state index contributed by atoms with van der Waals surface area (Å²) in [5, 5.41) is 4.96. The number of benzene rings is 1. The van der Waals surface area contributed by atoms with Gasteiger partial charge in [0.1, 0.15) is 0 Å². The Bertz CT molecular complexity index is 431. The standard InChI is InChI=1S/C13H17NSe/c1-10(2)14-8-7-11-9-15-13-6-4-3-5-12(11)13/h3-6,9-10,14H,7-8H2,1-2H3. The predicted octanol–water partition coefficient (Wildman–Crippen LogP) is 2.44. The number of hydrogen-bond donors (Lipinski definition) is 1. The number of hydrogen-bond acceptors (Lipinski definition) is 1. The van der Waals surface area contributed by atoms with E-state index < -0.39 is 0 Å². The summed E-state index contributed by atoms with van der Waals surface area (Å²) >= 11 is 0.573. The van der Waals surface area contributed by atoms with Crippen LogP contribution >= 0.6 is 0 Å². The second-order valence-corrected chi connectivity index (χ2v) is 6.03. The fourth-order valence-corrected chi connectivity index (χ4v) is 3.81. The van der Waals surface area contributed by atoms with Crippen molar-refractivity contribution in [3.05, 3.63) is 34.8 Å². The molecule has 0 saturated heterocycles. The summed E-state index contributed by atoms with van der Waals surface area (Å²) in [5.41, 5.74) is 1.54. The van der Waals surface area contributed by atoms with Crippen molar-refractivity contribution >= 4 is 24.1 Å². The Hall–Kier alpha value is -0.561. The molecule has 0 radical (unpaired) electrons. The third kappa shape index (κ3) is 2.72. The number of fused-ring (bicyclic) bond motifs is 1. The maximum absolute atomic E-state index is 3.47. The normalized spacial score (nSPS) is 11.4. The van der Waals surface area contributed by atoms with Crippen LogP contribution in [0.1, 0.15) is 19.4 Å². The van der Waals surface area contributed by atoms with Crippen molar-refractivity contribution in [2.24, 2.45) is 0 Å². The van der Waals surface area contributed by atoms with E-state index >= 15 is 0 Å². The average Bonchev–Trinajstić information content (AvgIpc) is 2.62. The molecule has 1 N–H and O–H groups in total. The van der Waals surface area contributed by atoms with E-state index in [2.05, 4.69) is 48.4 Å². The van der Waals surface area contributed by atoms with Crippen molar-refractivity contribution < 1.29 is 0 Å². The Kier molecular flexibility index (Phi) is 3.63. The molecule has 1 aromatic heterocycles. The summed E-state index contributed by atoms with van der Waals surface area (Å²) in [7, 11) is 0. The zero-order valence-corrected chi connectivity index (χ0v) is 11.0. The zero-order chi connectivity index (χ0) is 10.7. The Morgan fingerprint density at radius 1 is 1.27 bits per heavy atom. The molecule has 0 atom stereocenters. The van der Waals surface area contributed by atoms with E-state index in [0.717, 1.165) is 13.0 Å². The third-order valence-electron chi connectivity index (χ3n) is 2.51. The van der Waals surface area contributed by atoms with Gasteiger partial charge in [-0.15, -0.1) is 0 Å². The molecule has 0 aliphatic rings. The topological polar surface area (TPSA) is 12.0 Å². The summed E-state index contributed by atoms with van der Waals surface area (Å²) in [6.07, 6.45) is 1.16. The Morgan fingerprint density at radius 3 is 2.87 bits per heavy atom. The van der Waals surface area contributed by atoms with Crippen molar-refractivity contribution in [2.75, 3.05) is 6.54 Å². The van der Waals surface area contributed by atoms with Crippen LogP contribution in [0.4, 0.5) is 0 Å². The molecule has 1 heterocycles. The van der Waals surface area contributed by atoms with Gasteiger partial charge in [-0.3, -0.25) is 0 Å². The van der Waals surface area contributed by atoms with Crippen molar-refractivity contribution in [1.82, 2.24) is 5.32 Å². The molecule has 15 heavy (non-hydrogen) atoms. The van der Waals surface area contributed by atoms with Gasteiger partial charge in [0.15, 0.2) is 0 Å². The van der Waals surface area contributed by atoms with E-state index in [-0.39, 0.29) is 0 Å². The second kappa shape index (κ2) is 4.98. The molecule has 80 valence electrons. The second-order valence-electron chi connectivity index (χ2n) is 4.12. The van der Waals surface area contributed by atoms with Gasteiger partial charge in [0, 0.05) is 0 Å². The van der Waals surface area contributed by atoms with Crippen LogP contribution in [0.15, 0.2) is 29.2 Å². The third-order valence-corrected chi connectivity index (χ3v) is 4.63. The predicted molar refractivity (Wildman–Crippen MR) is 67.7 cm³/mol. The molecule has 0 aliphatic carbocycles. The molecule has 2 aromatic rings. The summed E-state index contributed by atoms with van der Waals surface area (Å²) in [4.78, 5) is 2.43. The van der Waals surface area contributed by atoms with Crippen molar-refractivity contribution in [2.45, 2.75) is 26.3 Å². The van der Waals surface area contributed by atoms with E-state index in [4.69, 9.17) is 0 Å². The molecule has 2 heteroatoms. The fourth-order valence-electron chi connectivity index (χ4n) is 1.72. The monoisotopic (exact) mass is 267 g/mol. The van der Waals surface area contributed by atoms with Crippen LogP contribution in [0.25, 0.3) is 9.65 Å². The summed E-state index contributed by atoms with van der Waals surface area (Å²) in [6, 6.07) is 9.39. The first-order valence-corrected chi connectivity index (χ1v) is 7.30. The SMILES string of the molecule is CC(C)NCCc1c[se]c2ccccc12. The molecule has 0 amide bonds. The fraction of sp³-hybridized carbons (Fsp3) is 0.385. The van der Waals surface area contributed by atoms with Crippen LogP contribution in [0.3, 0.4) is 0 Å². The van der Waals surface area contributed by atoms with Crippen LogP contribution in [0.2, 0.25) is 0 Å². The summed E-state index contributed by atoms with van der Waals surface area (Å²) in [6.45, 7) is 5.48. The minimum absolute atomic E-state index is 0.573. The van der Waals surface area contributed by atoms with E-state index in [0.29, 0.717) is 20.5 Å². The van der Waals surface area contributed by atoms with Crippen molar-refractivity contribution in [1.29, 1.82) is 0 Å². The first-order valence-electron chi connectivity index (χ1n) is 5.46. The molecule has 0 unspecified atom stereocenters. The van der Waals surface area contributed by atoms with Gasteiger partial charge >= 0.3 is 97.1 Å². The van der Waals surface area contributed by atoms with Crippen LogP contribution < -0.4 is 5.32 Å². The van der Waals surface area contributed by atoms with Gasteiger partial charge in [-0.1, -0.05) is 0 Å². The number of rotatable bonds is 4. The van der Waals surface area contributed by atoms with E-state index in [1.807, 2.05) is 0 Å². The summed E-state index contributed by atoms with van der Waals surface area (Å²) < 4.78 is 1.55. The molecule has 1 nitrogen and oxygen atoms in total. The van der Waals surface area contributed by atoms with Gasteiger partial charge < -0.3 is 0 Å². The van der Waals surface area contributed by atoms with E-state index in [1.54, 1.807) is 9.82 Å².